The van der Waals surface area contributed by atoms with Crippen LogP contribution < -0.4 is 0 Å². The van der Waals surface area contributed by atoms with Crippen LogP contribution >= 0.6 is 0 Å². The van der Waals surface area contributed by atoms with Crippen LogP contribution in [0.2, 0.25) is 0 Å². The van der Waals surface area contributed by atoms with Crippen LogP contribution in [-0.4, -0.2) is 5.78 Å². The van der Waals surface area contributed by atoms with E-state index in [1.807, 2.05) is 18.2 Å². The predicted molar refractivity (Wildman–Crippen MR) is 82.3 cm³/mol. The Morgan fingerprint density at radius 2 is 1.74 bits per heavy atom. The third-order valence-corrected chi connectivity index (χ3v) is 3.92. The van der Waals surface area contributed by atoms with Crippen molar-refractivity contribution in [2.45, 2.75) is 59.3 Å². The van der Waals surface area contributed by atoms with Crippen molar-refractivity contribution in [1.29, 1.82) is 0 Å². The molecule has 19 heavy (non-hydrogen) atoms. The van der Waals surface area contributed by atoms with Gasteiger partial charge >= 0.3 is 0 Å². The molecule has 1 nitrogen and oxygen atoms in total. The van der Waals surface area contributed by atoms with Crippen LogP contribution in [0.25, 0.3) is 0 Å². The third kappa shape index (κ3) is 5.18. The quantitative estimate of drug-likeness (QED) is 0.627. The normalized spacial score (nSPS) is 14.4. The Kier molecular flexibility index (Phi) is 6.83. The van der Waals surface area contributed by atoms with Crippen LogP contribution in [-0.2, 0) is 4.79 Å². The second-order valence-electron chi connectivity index (χ2n) is 6.03. The largest absolute Gasteiger partial charge is 0.299 e. The molecule has 2 unspecified atom stereocenters. The Balaban J connectivity index is 2.72. The lowest BCUT2D eigenvalue weighted by Crippen LogP contribution is -2.19. The van der Waals surface area contributed by atoms with E-state index in [0.29, 0.717) is 17.6 Å². The number of rotatable bonds is 8. The summed E-state index contributed by atoms with van der Waals surface area (Å²) in [6.45, 7) is 8.79. The topological polar surface area (TPSA) is 17.1 Å². The van der Waals surface area contributed by atoms with Gasteiger partial charge in [0.15, 0.2) is 0 Å². The van der Waals surface area contributed by atoms with Crippen molar-refractivity contribution in [3.63, 3.8) is 0 Å². The van der Waals surface area contributed by atoms with Gasteiger partial charge in [0.2, 0.25) is 0 Å². The summed E-state index contributed by atoms with van der Waals surface area (Å²) in [5.41, 5.74) is 1.19. The molecule has 1 aromatic rings. The molecule has 0 fully saturated rings. The standard InChI is InChI=1S/C18H28O/c1-5-15(4)18(16-11-7-6-8-12-16)17(19)13-9-10-14(2)3/h6-8,11-12,14-15,18H,5,9-10,13H2,1-4H3. The number of carbonyl (C=O) groups excluding carboxylic acids is 1. The molecular weight excluding hydrogens is 232 g/mol. The van der Waals surface area contributed by atoms with Crippen LogP contribution in [0.5, 0.6) is 0 Å². The molecule has 0 radical (unpaired) electrons. The van der Waals surface area contributed by atoms with Crippen molar-refractivity contribution in [1.82, 2.24) is 0 Å². The number of hydrogen-bond acceptors (Lipinski definition) is 1. The molecule has 0 heterocycles. The van der Waals surface area contributed by atoms with Crippen LogP contribution in [0.15, 0.2) is 30.3 Å². The molecular formula is C18H28O. The summed E-state index contributed by atoms with van der Waals surface area (Å²) in [6.07, 6.45) is 3.95. The van der Waals surface area contributed by atoms with Gasteiger partial charge in [0.05, 0.1) is 0 Å². The maximum absolute atomic E-state index is 12.5. The van der Waals surface area contributed by atoms with Gasteiger partial charge in [0, 0.05) is 12.3 Å². The van der Waals surface area contributed by atoms with Crippen molar-refractivity contribution < 1.29 is 4.79 Å². The minimum Gasteiger partial charge on any atom is -0.299 e. The van der Waals surface area contributed by atoms with E-state index in [-0.39, 0.29) is 5.92 Å². The van der Waals surface area contributed by atoms with Gasteiger partial charge in [-0.15, -0.1) is 0 Å². The number of Topliss-reactive ketones (excluding diaryl/α,β-unsaturated/α-hetero) is 1. The molecule has 2 atom stereocenters. The molecule has 0 spiro atoms. The molecule has 1 aromatic carbocycles. The van der Waals surface area contributed by atoms with Gasteiger partial charge in [-0.1, -0.05) is 70.9 Å². The molecule has 0 amide bonds. The number of hydrogen-bond donors (Lipinski definition) is 0. The van der Waals surface area contributed by atoms with Gasteiger partial charge in [0.1, 0.15) is 5.78 Å². The first-order valence-corrected chi connectivity index (χ1v) is 7.63. The van der Waals surface area contributed by atoms with E-state index in [2.05, 4.69) is 39.8 Å². The fourth-order valence-electron chi connectivity index (χ4n) is 2.57. The Morgan fingerprint density at radius 1 is 1.11 bits per heavy atom. The molecule has 0 N–H and O–H groups in total. The van der Waals surface area contributed by atoms with Gasteiger partial charge in [-0.05, 0) is 23.8 Å². The van der Waals surface area contributed by atoms with Crippen LogP contribution in [0.1, 0.15) is 64.9 Å². The number of carbonyl (C=O) groups is 1. The Bertz CT molecular complexity index is 367. The van der Waals surface area contributed by atoms with Crippen LogP contribution in [0.4, 0.5) is 0 Å². The molecule has 0 aromatic heterocycles. The molecule has 0 saturated heterocycles. The number of benzene rings is 1. The first-order chi connectivity index (χ1) is 9.06. The fourth-order valence-corrected chi connectivity index (χ4v) is 2.57. The lowest BCUT2D eigenvalue weighted by molar-refractivity contribution is -0.121. The van der Waals surface area contributed by atoms with Crippen molar-refractivity contribution in [3.05, 3.63) is 35.9 Å². The molecule has 106 valence electrons. The van der Waals surface area contributed by atoms with Gasteiger partial charge in [-0.2, -0.15) is 0 Å². The smallest absolute Gasteiger partial charge is 0.140 e. The summed E-state index contributed by atoms with van der Waals surface area (Å²) >= 11 is 0. The lowest BCUT2D eigenvalue weighted by atomic mass is 9.81. The Labute approximate surface area is 118 Å². The molecule has 1 heteroatoms. The Morgan fingerprint density at radius 3 is 2.26 bits per heavy atom. The first-order valence-electron chi connectivity index (χ1n) is 7.63. The average Bonchev–Trinajstić information content (AvgIpc) is 2.39. The highest BCUT2D eigenvalue weighted by Gasteiger charge is 2.24. The van der Waals surface area contributed by atoms with Crippen molar-refractivity contribution >= 4 is 5.78 Å². The van der Waals surface area contributed by atoms with Gasteiger partial charge in [-0.3, -0.25) is 4.79 Å². The molecule has 0 aliphatic heterocycles. The highest BCUT2D eigenvalue weighted by atomic mass is 16.1. The predicted octanol–water partition coefficient (Wildman–Crippen LogP) is 5.21. The highest BCUT2D eigenvalue weighted by molar-refractivity contribution is 5.86. The van der Waals surface area contributed by atoms with E-state index in [1.54, 1.807) is 0 Å². The van der Waals surface area contributed by atoms with E-state index in [1.165, 1.54) is 5.56 Å². The minimum absolute atomic E-state index is 0.0818. The summed E-state index contributed by atoms with van der Waals surface area (Å²) in [5, 5.41) is 0. The Hall–Kier alpha value is -1.11. The van der Waals surface area contributed by atoms with Gasteiger partial charge in [-0.25, -0.2) is 0 Å². The first kappa shape index (κ1) is 15.9. The summed E-state index contributed by atoms with van der Waals surface area (Å²) < 4.78 is 0. The van der Waals surface area contributed by atoms with E-state index in [9.17, 15) is 4.79 Å². The second-order valence-corrected chi connectivity index (χ2v) is 6.03. The summed E-state index contributed by atoms with van der Waals surface area (Å²) in [5.74, 6) is 1.61. The molecule has 0 bridgehead atoms. The van der Waals surface area contributed by atoms with E-state index >= 15 is 0 Å². The van der Waals surface area contributed by atoms with Crippen LogP contribution in [0, 0.1) is 11.8 Å². The molecule has 1 rings (SSSR count). The average molecular weight is 260 g/mol. The minimum atomic E-state index is 0.0818. The molecule has 0 saturated carbocycles. The third-order valence-electron chi connectivity index (χ3n) is 3.92. The maximum Gasteiger partial charge on any atom is 0.140 e. The SMILES string of the molecule is CCC(C)C(C(=O)CCCC(C)C)c1ccccc1. The maximum atomic E-state index is 12.5. The zero-order valence-electron chi connectivity index (χ0n) is 12.9. The summed E-state index contributed by atoms with van der Waals surface area (Å²) in [6, 6.07) is 10.3. The van der Waals surface area contributed by atoms with Crippen LogP contribution in [0.3, 0.4) is 0 Å². The van der Waals surface area contributed by atoms with Gasteiger partial charge < -0.3 is 0 Å². The highest BCUT2D eigenvalue weighted by Crippen LogP contribution is 2.29. The van der Waals surface area contributed by atoms with E-state index in [0.717, 1.165) is 25.7 Å². The number of ketones is 1. The zero-order chi connectivity index (χ0) is 14.3. The van der Waals surface area contributed by atoms with E-state index < -0.39 is 0 Å². The summed E-state index contributed by atoms with van der Waals surface area (Å²) in [7, 11) is 0. The van der Waals surface area contributed by atoms with E-state index in [4.69, 9.17) is 0 Å². The second kappa shape index (κ2) is 8.14. The zero-order valence-corrected chi connectivity index (χ0v) is 12.9. The van der Waals surface area contributed by atoms with Crippen molar-refractivity contribution in [3.8, 4) is 0 Å². The van der Waals surface area contributed by atoms with Crippen molar-refractivity contribution in [2.75, 3.05) is 0 Å². The molecule has 0 aliphatic rings. The lowest BCUT2D eigenvalue weighted by Gasteiger charge is -2.22. The fraction of sp³-hybridized carbons (Fsp3) is 0.611. The van der Waals surface area contributed by atoms with Crippen molar-refractivity contribution in [2.24, 2.45) is 11.8 Å². The van der Waals surface area contributed by atoms with Gasteiger partial charge in [0.25, 0.3) is 0 Å². The monoisotopic (exact) mass is 260 g/mol. The summed E-state index contributed by atoms with van der Waals surface area (Å²) in [4.78, 5) is 12.5. The molecule has 0 aliphatic carbocycles.